The van der Waals surface area contributed by atoms with Crippen molar-refractivity contribution in [2.75, 3.05) is 6.61 Å². The SMILES string of the molecule is CC(C)[C@@H](/C=C/[C@@H](C)O)CC[C@@H](C)CO. The summed E-state index contributed by atoms with van der Waals surface area (Å²) in [6, 6.07) is 0. The summed E-state index contributed by atoms with van der Waals surface area (Å²) in [5.74, 6) is 1.48. The molecule has 0 saturated carbocycles. The maximum atomic E-state index is 9.18. The van der Waals surface area contributed by atoms with Gasteiger partial charge >= 0.3 is 0 Å². The second-order valence-electron chi connectivity index (χ2n) is 4.90. The monoisotopic (exact) mass is 214 g/mol. The van der Waals surface area contributed by atoms with Crippen molar-refractivity contribution in [3.8, 4) is 0 Å². The summed E-state index contributed by atoms with van der Waals surface area (Å²) < 4.78 is 0. The Morgan fingerprint density at radius 3 is 2.00 bits per heavy atom. The van der Waals surface area contributed by atoms with Gasteiger partial charge in [0.05, 0.1) is 6.10 Å². The van der Waals surface area contributed by atoms with Crippen LogP contribution in [0.25, 0.3) is 0 Å². The Kier molecular flexibility index (Phi) is 7.71. The lowest BCUT2D eigenvalue weighted by Crippen LogP contribution is -2.10. The van der Waals surface area contributed by atoms with Gasteiger partial charge < -0.3 is 10.2 Å². The van der Waals surface area contributed by atoms with Gasteiger partial charge in [-0.15, -0.1) is 0 Å². The molecule has 0 heterocycles. The van der Waals surface area contributed by atoms with E-state index in [2.05, 4.69) is 26.8 Å². The molecule has 0 fully saturated rings. The van der Waals surface area contributed by atoms with Crippen LogP contribution in [-0.2, 0) is 0 Å². The lowest BCUT2D eigenvalue weighted by atomic mass is 9.88. The molecule has 15 heavy (non-hydrogen) atoms. The highest BCUT2D eigenvalue weighted by molar-refractivity contribution is 4.93. The van der Waals surface area contributed by atoms with E-state index >= 15 is 0 Å². The van der Waals surface area contributed by atoms with Gasteiger partial charge in [-0.2, -0.15) is 0 Å². The zero-order valence-corrected chi connectivity index (χ0v) is 10.5. The van der Waals surface area contributed by atoms with Gasteiger partial charge in [-0.25, -0.2) is 0 Å². The smallest absolute Gasteiger partial charge is 0.0692 e. The summed E-state index contributed by atoms with van der Waals surface area (Å²) in [4.78, 5) is 0. The molecule has 0 radical (unpaired) electrons. The van der Waals surface area contributed by atoms with E-state index in [1.54, 1.807) is 6.92 Å². The topological polar surface area (TPSA) is 40.5 Å². The highest BCUT2D eigenvalue weighted by Gasteiger charge is 2.11. The van der Waals surface area contributed by atoms with Crippen molar-refractivity contribution in [2.45, 2.75) is 46.6 Å². The molecule has 0 aliphatic rings. The third-order valence-electron chi connectivity index (χ3n) is 2.80. The first-order valence-corrected chi connectivity index (χ1v) is 5.94. The molecule has 0 bridgehead atoms. The number of aliphatic hydroxyl groups is 2. The molecule has 2 nitrogen and oxygen atoms in total. The van der Waals surface area contributed by atoms with Crippen LogP contribution >= 0.6 is 0 Å². The Morgan fingerprint density at radius 1 is 1.00 bits per heavy atom. The van der Waals surface area contributed by atoms with Gasteiger partial charge in [0.25, 0.3) is 0 Å². The second kappa shape index (κ2) is 7.89. The number of hydrogen-bond donors (Lipinski definition) is 2. The molecule has 0 aromatic carbocycles. The minimum atomic E-state index is -0.360. The molecule has 0 unspecified atom stereocenters. The molecule has 0 aromatic heterocycles. The van der Waals surface area contributed by atoms with E-state index in [4.69, 9.17) is 5.11 Å². The second-order valence-corrected chi connectivity index (χ2v) is 4.90. The Balaban J connectivity index is 4.05. The van der Waals surface area contributed by atoms with Crippen molar-refractivity contribution >= 4 is 0 Å². The fourth-order valence-corrected chi connectivity index (χ4v) is 1.52. The standard InChI is InChI=1S/C13H26O2/c1-10(2)13(8-6-12(4)15)7-5-11(3)9-14/h6,8,10-15H,5,7,9H2,1-4H3/b8-6+/t11-,12-,13-/m1/s1. The molecule has 90 valence electrons. The van der Waals surface area contributed by atoms with Crippen molar-refractivity contribution in [1.82, 2.24) is 0 Å². The first-order chi connectivity index (χ1) is 6.97. The molecule has 0 aromatic rings. The highest BCUT2D eigenvalue weighted by Crippen LogP contribution is 2.21. The van der Waals surface area contributed by atoms with Crippen LogP contribution in [0, 0.1) is 17.8 Å². The van der Waals surface area contributed by atoms with Crippen LogP contribution in [0.15, 0.2) is 12.2 Å². The molecule has 2 heteroatoms. The van der Waals surface area contributed by atoms with E-state index in [-0.39, 0.29) is 12.7 Å². The van der Waals surface area contributed by atoms with Crippen molar-refractivity contribution in [3.05, 3.63) is 12.2 Å². The van der Waals surface area contributed by atoms with Crippen LogP contribution in [0.4, 0.5) is 0 Å². The molecule has 0 aliphatic heterocycles. The zero-order chi connectivity index (χ0) is 11.8. The lowest BCUT2D eigenvalue weighted by molar-refractivity contribution is 0.219. The van der Waals surface area contributed by atoms with E-state index in [1.807, 2.05) is 6.08 Å². The average Bonchev–Trinajstić information content (AvgIpc) is 2.16. The quantitative estimate of drug-likeness (QED) is 0.640. The number of aliphatic hydroxyl groups excluding tert-OH is 2. The maximum Gasteiger partial charge on any atom is 0.0692 e. The van der Waals surface area contributed by atoms with Gasteiger partial charge in [-0.1, -0.05) is 32.9 Å². The summed E-state index contributed by atoms with van der Waals surface area (Å²) in [5, 5.41) is 18.1. The molecule has 3 atom stereocenters. The van der Waals surface area contributed by atoms with Gasteiger partial charge in [0.2, 0.25) is 0 Å². The van der Waals surface area contributed by atoms with Gasteiger partial charge in [-0.3, -0.25) is 0 Å². The van der Waals surface area contributed by atoms with E-state index in [0.29, 0.717) is 17.8 Å². The van der Waals surface area contributed by atoms with Crippen LogP contribution in [0.2, 0.25) is 0 Å². The highest BCUT2D eigenvalue weighted by atomic mass is 16.3. The van der Waals surface area contributed by atoms with E-state index in [1.165, 1.54) is 0 Å². The van der Waals surface area contributed by atoms with E-state index in [0.717, 1.165) is 12.8 Å². The first kappa shape index (κ1) is 14.7. The van der Waals surface area contributed by atoms with Gasteiger partial charge in [0.15, 0.2) is 0 Å². The summed E-state index contributed by atoms with van der Waals surface area (Å²) in [6.45, 7) is 8.49. The zero-order valence-electron chi connectivity index (χ0n) is 10.5. The Morgan fingerprint density at radius 2 is 1.60 bits per heavy atom. The molecule has 0 saturated heterocycles. The van der Waals surface area contributed by atoms with Crippen LogP contribution in [-0.4, -0.2) is 22.9 Å². The van der Waals surface area contributed by atoms with E-state index in [9.17, 15) is 5.11 Å². The van der Waals surface area contributed by atoms with Crippen molar-refractivity contribution in [2.24, 2.45) is 17.8 Å². The molecular formula is C13H26O2. The van der Waals surface area contributed by atoms with Crippen LogP contribution in [0.3, 0.4) is 0 Å². The van der Waals surface area contributed by atoms with Crippen LogP contribution < -0.4 is 0 Å². The van der Waals surface area contributed by atoms with Crippen LogP contribution in [0.5, 0.6) is 0 Å². The fraction of sp³-hybridized carbons (Fsp3) is 0.846. The predicted octanol–water partition coefficient (Wildman–Crippen LogP) is 2.60. The van der Waals surface area contributed by atoms with Gasteiger partial charge in [0, 0.05) is 6.61 Å². The largest absolute Gasteiger partial charge is 0.396 e. The summed E-state index contributed by atoms with van der Waals surface area (Å²) in [7, 11) is 0. The van der Waals surface area contributed by atoms with Crippen molar-refractivity contribution in [3.63, 3.8) is 0 Å². The molecule has 0 rings (SSSR count). The van der Waals surface area contributed by atoms with E-state index < -0.39 is 0 Å². The molecular weight excluding hydrogens is 188 g/mol. The molecule has 0 spiro atoms. The Labute approximate surface area is 94.0 Å². The number of allylic oxidation sites excluding steroid dienone is 1. The van der Waals surface area contributed by atoms with Gasteiger partial charge in [-0.05, 0) is 37.5 Å². The summed E-state index contributed by atoms with van der Waals surface area (Å²) in [6.07, 6.45) is 5.74. The fourth-order valence-electron chi connectivity index (χ4n) is 1.52. The Hall–Kier alpha value is -0.340. The number of hydrogen-bond acceptors (Lipinski definition) is 2. The minimum absolute atomic E-state index is 0.269. The Bertz CT molecular complexity index is 173. The first-order valence-electron chi connectivity index (χ1n) is 5.94. The molecule has 2 N–H and O–H groups in total. The number of rotatable bonds is 7. The van der Waals surface area contributed by atoms with Gasteiger partial charge in [0.1, 0.15) is 0 Å². The lowest BCUT2D eigenvalue weighted by Gasteiger charge is -2.19. The summed E-state index contributed by atoms with van der Waals surface area (Å²) >= 11 is 0. The third-order valence-corrected chi connectivity index (χ3v) is 2.80. The van der Waals surface area contributed by atoms with Crippen LogP contribution in [0.1, 0.15) is 40.5 Å². The minimum Gasteiger partial charge on any atom is -0.396 e. The predicted molar refractivity (Wildman–Crippen MR) is 64.6 cm³/mol. The normalized spacial score (nSPS) is 18.3. The molecule has 0 aliphatic carbocycles. The maximum absolute atomic E-state index is 9.18. The average molecular weight is 214 g/mol. The third kappa shape index (κ3) is 7.57. The molecule has 0 amide bonds. The van der Waals surface area contributed by atoms with Crippen molar-refractivity contribution in [1.29, 1.82) is 0 Å². The summed E-state index contributed by atoms with van der Waals surface area (Å²) in [5.41, 5.74) is 0. The van der Waals surface area contributed by atoms with Crippen molar-refractivity contribution < 1.29 is 10.2 Å².